The van der Waals surface area contributed by atoms with E-state index in [1.165, 1.54) is 0 Å². The fraction of sp³-hybridized carbons (Fsp3) is 0.229. The number of nitrogens with one attached hydrogen (secondary N) is 2. The van der Waals surface area contributed by atoms with Gasteiger partial charge >= 0.3 is 0 Å². The van der Waals surface area contributed by atoms with Crippen LogP contribution in [0.5, 0.6) is 0 Å². The lowest BCUT2D eigenvalue weighted by Crippen LogP contribution is -2.33. The third-order valence-corrected chi connectivity index (χ3v) is 8.61. The summed E-state index contributed by atoms with van der Waals surface area (Å²) in [6.45, 7) is 4.76. The second-order valence-electron chi connectivity index (χ2n) is 11.2. The van der Waals surface area contributed by atoms with Crippen molar-refractivity contribution in [3.63, 3.8) is 0 Å². The first-order chi connectivity index (χ1) is 20.8. The molecule has 0 radical (unpaired) electrons. The predicted molar refractivity (Wildman–Crippen MR) is 179 cm³/mol. The Morgan fingerprint density at radius 2 is 1.72 bits per heavy atom. The van der Waals surface area contributed by atoms with E-state index in [1.54, 1.807) is 0 Å². The van der Waals surface area contributed by atoms with E-state index in [1.807, 2.05) is 68.8 Å². The van der Waals surface area contributed by atoms with Gasteiger partial charge in [-0.25, -0.2) is 0 Å². The minimum atomic E-state index is -0.153. The molecule has 43 heavy (non-hydrogen) atoms. The fourth-order valence-corrected chi connectivity index (χ4v) is 6.47. The summed E-state index contributed by atoms with van der Waals surface area (Å²) in [6.07, 6.45) is 2.11. The zero-order valence-corrected chi connectivity index (χ0v) is 25.7. The quantitative estimate of drug-likeness (QED) is 0.197. The molecule has 1 amide bonds. The third-order valence-electron chi connectivity index (χ3n) is 8.25. The molecule has 8 heteroatoms. The molecule has 0 aliphatic carbocycles. The summed E-state index contributed by atoms with van der Waals surface area (Å²) >= 11 is 5.90. The number of amides is 1. The number of hydrogen-bond acceptors (Lipinski definition) is 4. The van der Waals surface area contributed by atoms with Crippen molar-refractivity contribution >= 4 is 45.4 Å². The van der Waals surface area contributed by atoms with Gasteiger partial charge in [0.25, 0.3) is 0 Å². The van der Waals surface area contributed by atoms with Crippen LogP contribution in [0.15, 0.2) is 97.2 Å². The summed E-state index contributed by atoms with van der Waals surface area (Å²) in [4.78, 5) is 22.2. The maximum Gasteiger partial charge on any atom is 0.226 e. The average molecular weight is 589 g/mol. The Morgan fingerprint density at radius 3 is 2.47 bits per heavy atom. The van der Waals surface area contributed by atoms with Crippen molar-refractivity contribution in [2.24, 2.45) is 0 Å². The molecular formula is C35H36N6OS. The van der Waals surface area contributed by atoms with Gasteiger partial charge in [0.05, 0.1) is 17.8 Å². The van der Waals surface area contributed by atoms with Crippen LogP contribution in [0.25, 0.3) is 16.5 Å². The minimum Gasteiger partial charge on any atom is -0.378 e. The molecule has 2 N–H and O–H groups in total. The molecule has 1 saturated heterocycles. The molecule has 2 aromatic heterocycles. The Kier molecular flexibility index (Phi) is 7.86. The fourth-order valence-electron chi connectivity index (χ4n) is 6.14. The Labute approximate surface area is 258 Å². The molecule has 6 rings (SSSR count). The van der Waals surface area contributed by atoms with Gasteiger partial charge in [-0.3, -0.25) is 9.78 Å². The largest absolute Gasteiger partial charge is 0.378 e. The van der Waals surface area contributed by atoms with E-state index < -0.39 is 0 Å². The van der Waals surface area contributed by atoms with E-state index in [0.29, 0.717) is 18.1 Å². The van der Waals surface area contributed by atoms with Crippen LogP contribution >= 0.6 is 12.2 Å². The number of carbonyl (C=O) groups excluding carboxylic acids is 1. The smallest absolute Gasteiger partial charge is 0.226 e. The highest BCUT2D eigenvalue weighted by Crippen LogP contribution is 2.41. The van der Waals surface area contributed by atoms with Crippen LogP contribution in [0.4, 0.5) is 11.4 Å². The summed E-state index contributed by atoms with van der Waals surface area (Å²) < 4.78 is 2.29. The van der Waals surface area contributed by atoms with E-state index in [9.17, 15) is 4.79 Å². The number of thiocarbonyl (C=S) groups is 1. The van der Waals surface area contributed by atoms with Gasteiger partial charge in [0.15, 0.2) is 5.11 Å². The zero-order valence-electron chi connectivity index (χ0n) is 24.9. The monoisotopic (exact) mass is 588 g/mol. The number of aryl methyl sites for hydroxylation is 1. The standard InChI is InChI=1S/C35H36N6OS/c1-23-22-29(24(2)41(23)27-17-15-26(16-18-27)39(3)4)34-33(31-13-7-8-20-36-31)38-35(43)40(34)21-19-32(42)37-30-14-9-11-25-10-5-6-12-28(25)30/h5-18,20,22,33-34H,19,21H2,1-4H3,(H,37,42)(H,38,43). The predicted octanol–water partition coefficient (Wildman–Crippen LogP) is 6.71. The highest BCUT2D eigenvalue weighted by Gasteiger charge is 2.41. The zero-order chi connectivity index (χ0) is 30.1. The molecule has 0 bridgehead atoms. The van der Waals surface area contributed by atoms with Crippen molar-refractivity contribution in [2.75, 3.05) is 30.9 Å². The van der Waals surface area contributed by atoms with Gasteiger partial charge < -0.3 is 25.0 Å². The lowest BCUT2D eigenvalue weighted by molar-refractivity contribution is -0.116. The molecule has 0 saturated carbocycles. The second-order valence-corrected chi connectivity index (χ2v) is 11.6. The van der Waals surface area contributed by atoms with E-state index in [0.717, 1.165) is 50.5 Å². The molecule has 1 aliphatic heterocycles. The van der Waals surface area contributed by atoms with Crippen molar-refractivity contribution < 1.29 is 4.79 Å². The van der Waals surface area contributed by atoms with Gasteiger partial charge in [0.2, 0.25) is 5.91 Å². The van der Waals surface area contributed by atoms with Crippen molar-refractivity contribution in [2.45, 2.75) is 32.4 Å². The number of aromatic nitrogens is 2. The van der Waals surface area contributed by atoms with Crippen LogP contribution < -0.4 is 15.5 Å². The van der Waals surface area contributed by atoms with Crippen molar-refractivity contribution in [1.29, 1.82) is 0 Å². The topological polar surface area (TPSA) is 65.4 Å². The summed E-state index contributed by atoms with van der Waals surface area (Å²) in [5.74, 6) is -0.0503. The molecule has 1 aliphatic rings. The number of fused-ring (bicyclic) bond motifs is 1. The summed E-state index contributed by atoms with van der Waals surface area (Å²) in [6, 6.07) is 30.5. The van der Waals surface area contributed by atoms with Crippen LogP contribution in [-0.2, 0) is 4.79 Å². The van der Waals surface area contributed by atoms with Gasteiger partial charge in [-0.1, -0.05) is 42.5 Å². The van der Waals surface area contributed by atoms with Crippen molar-refractivity contribution in [3.05, 3.63) is 120 Å². The Hall–Kier alpha value is -4.69. The number of benzene rings is 3. The van der Waals surface area contributed by atoms with Gasteiger partial charge in [-0.2, -0.15) is 0 Å². The maximum atomic E-state index is 13.3. The number of pyridine rings is 1. The van der Waals surface area contributed by atoms with Gasteiger partial charge in [0.1, 0.15) is 0 Å². The van der Waals surface area contributed by atoms with E-state index >= 15 is 0 Å². The number of carbonyl (C=O) groups is 1. The molecule has 1 fully saturated rings. The van der Waals surface area contributed by atoms with E-state index in [-0.39, 0.29) is 18.0 Å². The molecule has 2 atom stereocenters. The van der Waals surface area contributed by atoms with Crippen LogP contribution in [0, 0.1) is 13.8 Å². The van der Waals surface area contributed by atoms with Gasteiger partial charge in [0, 0.05) is 67.1 Å². The molecule has 7 nitrogen and oxygen atoms in total. The molecule has 218 valence electrons. The molecule has 3 heterocycles. The summed E-state index contributed by atoms with van der Waals surface area (Å²) in [5.41, 5.74) is 7.42. The number of anilines is 2. The van der Waals surface area contributed by atoms with Crippen LogP contribution in [0.1, 0.15) is 41.1 Å². The lowest BCUT2D eigenvalue weighted by Gasteiger charge is -2.28. The number of nitrogens with zero attached hydrogens (tertiary/aromatic N) is 4. The Morgan fingerprint density at radius 1 is 0.977 bits per heavy atom. The number of rotatable bonds is 8. The molecule has 5 aromatic rings. The van der Waals surface area contributed by atoms with Crippen LogP contribution in [-0.4, -0.2) is 46.1 Å². The lowest BCUT2D eigenvalue weighted by atomic mass is 9.96. The molecular weight excluding hydrogens is 552 g/mol. The summed E-state index contributed by atoms with van der Waals surface area (Å²) in [5, 5.41) is 9.40. The SMILES string of the molecule is Cc1cc(C2C(c3ccccn3)NC(=S)N2CCC(=O)Nc2cccc3ccccc23)c(C)n1-c1ccc(N(C)C)cc1. The first-order valence-electron chi connectivity index (χ1n) is 14.5. The first kappa shape index (κ1) is 28.4. The maximum absolute atomic E-state index is 13.3. The van der Waals surface area contributed by atoms with Crippen LogP contribution in [0.2, 0.25) is 0 Å². The van der Waals surface area contributed by atoms with Crippen LogP contribution in [0.3, 0.4) is 0 Å². The summed E-state index contributed by atoms with van der Waals surface area (Å²) in [7, 11) is 4.09. The van der Waals surface area contributed by atoms with Crippen molar-refractivity contribution in [3.8, 4) is 5.69 Å². The Bertz CT molecular complexity index is 1770. The second kappa shape index (κ2) is 11.9. The highest BCUT2D eigenvalue weighted by atomic mass is 32.1. The molecule has 0 spiro atoms. The van der Waals surface area contributed by atoms with E-state index in [2.05, 4.69) is 86.3 Å². The van der Waals surface area contributed by atoms with E-state index in [4.69, 9.17) is 12.2 Å². The average Bonchev–Trinajstić information content (AvgIpc) is 3.50. The third kappa shape index (κ3) is 5.58. The number of hydrogen-bond donors (Lipinski definition) is 2. The van der Waals surface area contributed by atoms with Gasteiger partial charge in [-0.15, -0.1) is 0 Å². The Balaban J connectivity index is 1.30. The first-order valence-corrected chi connectivity index (χ1v) is 14.9. The van der Waals surface area contributed by atoms with Crippen molar-refractivity contribution in [1.82, 2.24) is 19.8 Å². The van der Waals surface area contributed by atoms with Gasteiger partial charge in [-0.05, 0) is 85.5 Å². The normalized spacial score (nSPS) is 16.4. The minimum absolute atomic E-state index is 0.0503. The molecule has 2 unspecified atom stereocenters. The molecule has 3 aromatic carbocycles. The highest BCUT2D eigenvalue weighted by molar-refractivity contribution is 7.80.